The second-order valence-corrected chi connectivity index (χ2v) is 10.6. The van der Waals surface area contributed by atoms with Gasteiger partial charge in [-0.1, -0.05) is 0 Å². The molecule has 0 saturated carbocycles. The zero-order valence-corrected chi connectivity index (χ0v) is 20.0. The van der Waals surface area contributed by atoms with Crippen LogP contribution in [0.5, 0.6) is 0 Å². The summed E-state index contributed by atoms with van der Waals surface area (Å²) in [5.41, 5.74) is 0.565. The maximum Gasteiger partial charge on any atom is 0.412 e. The number of carbonyl (C=O) groups excluding carboxylic acids is 2. The minimum absolute atomic E-state index is 0.000930. The quantitative estimate of drug-likeness (QED) is 0.685. The van der Waals surface area contributed by atoms with Crippen molar-refractivity contribution in [1.82, 2.24) is 4.31 Å². The fourth-order valence-electron chi connectivity index (χ4n) is 2.76. The second-order valence-electron chi connectivity index (χ2n) is 8.47. The number of halogens is 1. The molecule has 0 aliphatic carbocycles. The van der Waals surface area contributed by atoms with Crippen molar-refractivity contribution in [3.8, 4) is 0 Å². The Morgan fingerprint density at radius 3 is 2.19 bits per heavy atom. The monoisotopic (exact) mass is 465 g/mol. The molecule has 0 spiro atoms. The SMILES string of the molecule is Cc1cc(C(=O)Nc2cc(F)ccc2NC(=O)OC(C)(C)C)cc(S(=O)(=O)N(C)C)c1C. The number of nitrogens with one attached hydrogen (secondary N) is 2. The van der Waals surface area contributed by atoms with Crippen LogP contribution in [-0.2, 0) is 14.8 Å². The molecule has 2 aromatic rings. The van der Waals surface area contributed by atoms with Crippen LogP contribution in [0, 0.1) is 19.7 Å². The van der Waals surface area contributed by atoms with Crippen LogP contribution in [0.25, 0.3) is 0 Å². The molecule has 0 aliphatic rings. The summed E-state index contributed by atoms with van der Waals surface area (Å²) in [5, 5.41) is 5.01. The molecule has 10 heteroatoms. The van der Waals surface area contributed by atoms with Crippen LogP contribution in [0.3, 0.4) is 0 Å². The number of benzene rings is 2. The molecule has 2 rings (SSSR count). The van der Waals surface area contributed by atoms with E-state index in [9.17, 15) is 22.4 Å². The van der Waals surface area contributed by atoms with Crippen LogP contribution >= 0.6 is 0 Å². The molecule has 0 atom stereocenters. The van der Waals surface area contributed by atoms with Gasteiger partial charge in [0.1, 0.15) is 11.4 Å². The van der Waals surface area contributed by atoms with Gasteiger partial charge in [0.2, 0.25) is 10.0 Å². The van der Waals surface area contributed by atoms with Crippen LogP contribution in [-0.4, -0.2) is 44.4 Å². The molecule has 2 aromatic carbocycles. The Morgan fingerprint density at radius 1 is 1.00 bits per heavy atom. The van der Waals surface area contributed by atoms with Crippen molar-refractivity contribution >= 4 is 33.4 Å². The van der Waals surface area contributed by atoms with E-state index in [1.54, 1.807) is 40.7 Å². The van der Waals surface area contributed by atoms with E-state index in [4.69, 9.17) is 4.74 Å². The van der Waals surface area contributed by atoms with Crippen molar-refractivity contribution in [2.24, 2.45) is 0 Å². The van der Waals surface area contributed by atoms with Crippen molar-refractivity contribution in [3.05, 3.63) is 52.8 Å². The fourth-order valence-corrected chi connectivity index (χ4v) is 3.98. The van der Waals surface area contributed by atoms with E-state index in [0.29, 0.717) is 11.1 Å². The number of anilines is 2. The number of ether oxygens (including phenoxy) is 1. The summed E-state index contributed by atoms with van der Waals surface area (Å²) in [6.45, 7) is 8.43. The topological polar surface area (TPSA) is 105 Å². The molecule has 2 N–H and O–H groups in total. The van der Waals surface area contributed by atoms with Gasteiger partial charge >= 0.3 is 6.09 Å². The zero-order valence-electron chi connectivity index (χ0n) is 19.2. The molecule has 0 aromatic heterocycles. The van der Waals surface area contributed by atoms with E-state index in [1.807, 2.05) is 0 Å². The minimum Gasteiger partial charge on any atom is -0.444 e. The average Bonchev–Trinajstić information content (AvgIpc) is 2.64. The number of hydrogen-bond donors (Lipinski definition) is 2. The average molecular weight is 466 g/mol. The summed E-state index contributed by atoms with van der Waals surface area (Å²) < 4.78 is 45.4. The summed E-state index contributed by atoms with van der Waals surface area (Å²) in [6.07, 6.45) is -0.773. The Kier molecular flexibility index (Phi) is 7.31. The lowest BCUT2D eigenvalue weighted by Crippen LogP contribution is -2.27. The van der Waals surface area contributed by atoms with Gasteiger partial charge < -0.3 is 10.1 Å². The highest BCUT2D eigenvalue weighted by atomic mass is 32.2. The molecule has 32 heavy (non-hydrogen) atoms. The Labute approximate surface area is 187 Å². The van der Waals surface area contributed by atoms with Gasteiger partial charge in [-0.05, 0) is 76.1 Å². The number of sulfonamides is 1. The molecule has 0 radical (unpaired) electrons. The molecule has 0 unspecified atom stereocenters. The molecule has 0 heterocycles. The van der Waals surface area contributed by atoms with Gasteiger partial charge in [0.15, 0.2) is 0 Å². The molecule has 0 saturated heterocycles. The highest BCUT2D eigenvalue weighted by Gasteiger charge is 2.24. The van der Waals surface area contributed by atoms with E-state index in [1.165, 1.54) is 26.2 Å². The lowest BCUT2D eigenvalue weighted by Gasteiger charge is -2.20. The zero-order chi connectivity index (χ0) is 24.4. The molecule has 0 fully saturated rings. The molecule has 174 valence electrons. The summed E-state index contributed by atoms with van der Waals surface area (Å²) in [6, 6.07) is 6.27. The minimum atomic E-state index is -3.79. The van der Waals surface area contributed by atoms with E-state index in [0.717, 1.165) is 16.4 Å². The predicted octanol–water partition coefficient (Wildman–Crippen LogP) is 4.29. The second kappa shape index (κ2) is 9.25. The van der Waals surface area contributed by atoms with Gasteiger partial charge in [0.05, 0.1) is 16.3 Å². The summed E-state index contributed by atoms with van der Waals surface area (Å²) in [7, 11) is -0.985. The van der Waals surface area contributed by atoms with Gasteiger partial charge in [0, 0.05) is 19.7 Å². The largest absolute Gasteiger partial charge is 0.444 e. The number of nitrogens with zero attached hydrogens (tertiary/aromatic N) is 1. The van der Waals surface area contributed by atoms with Gasteiger partial charge in [0.25, 0.3) is 5.91 Å². The molecule has 8 nitrogen and oxygen atoms in total. The molecule has 0 bridgehead atoms. The summed E-state index contributed by atoms with van der Waals surface area (Å²) in [4.78, 5) is 25.0. The number of carbonyl (C=O) groups is 2. The third-order valence-corrected chi connectivity index (χ3v) is 6.45. The van der Waals surface area contributed by atoms with Crippen LogP contribution in [0.2, 0.25) is 0 Å². The van der Waals surface area contributed by atoms with Gasteiger partial charge in [-0.3, -0.25) is 10.1 Å². The van der Waals surface area contributed by atoms with Crippen LogP contribution < -0.4 is 10.6 Å². The first-order chi connectivity index (χ1) is 14.6. The van der Waals surface area contributed by atoms with Crippen molar-refractivity contribution < 1.29 is 27.1 Å². The number of hydrogen-bond acceptors (Lipinski definition) is 5. The Balaban J connectivity index is 2.41. The Bertz CT molecular complexity index is 1150. The van der Waals surface area contributed by atoms with E-state index in [2.05, 4.69) is 10.6 Å². The van der Waals surface area contributed by atoms with Crippen LogP contribution in [0.15, 0.2) is 35.2 Å². The number of amides is 2. The first-order valence-corrected chi connectivity index (χ1v) is 11.2. The first-order valence-electron chi connectivity index (χ1n) is 9.76. The normalized spacial score (nSPS) is 11.9. The Morgan fingerprint density at radius 2 is 1.62 bits per heavy atom. The molecule has 2 amide bonds. The smallest absolute Gasteiger partial charge is 0.412 e. The first kappa shape index (κ1) is 25.3. The predicted molar refractivity (Wildman–Crippen MR) is 121 cm³/mol. The standard InChI is InChI=1S/C22H28FN3O5S/c1-13-10-15(11-19(14(13)2)32(29,30)26(6)7)20(27)24-18-12-16(23)8-9-17(18)25-21(28)31-22(3,4)5/h8-12H,1-7H3,(H,24,27)(H,25,28). The van der Waals surface area contributed by atoms with Gasteiger partial charge in [-0.2, -0.15) is 0 Å². The number of rotatable bonds is 5. The fraction of sp³-hybridized carbons (Fsp3) is 0.364. The highest BCUT2D eigenvalue weighted by Crippen LogP contribution is 2.27. The van der Waals surface area contributed by atoms with Crippen LogP contribution in [0.4, 0.5) is 20.6 Å². The lowest BCUT2D eigenvalue weighted by molar-refractivity contribution is 0.0635. The third kappa shape index (κ3) is 6.04. The highest BCUT2D eigenvalue weighted by molar-refractivity contribution is 7.89. The molecule has 0 aliphatic heterocycles. The summed E-state index contributed by atoms with van der Waals surface area (Å²) in [5.74, 6) is -1.30. The third-order valence-electron chi connectivity index (χ3n) is 4.51. The molecular formula is C22H28FN3O5S. The summed E-state index contributed by atoms with van der Waals surface area (Å²) >= 11 is 0. The van der Waals surface area contributed by atoms with Gasteiger partial charge in [-0.15, -0.1) is 0 Å². The van der Waals surface area contributed by atoms with E-state index < -0.39 is 33.4 Å². The van der Waals surface area contributed by atoms with Crippen molar-refractivity contribution in [1.29, 1.82) is 0 Å². The van der Waals surface area contributed by atoms with Crippen molar-refractivity contribution in [2.75, 3.05) is 24.7 Å². The van der Waals surface area contributed by atoms with E-state index in [-0.39, 0.29) is 21.8 Å². The Hall–Kier alpha value is -2.98. The molecular weight excluding hydrogens is 437 g/mol. The maximum atomic E-state index is 13.9. The van der Waals surface area contributed by atoms with Crippen molar-refractivity contribution in [3.63, 3.8) is 0 Å². The maximum absolute atomic E-state index is 13.9. The van der Waals surface area contributed by atoms with Gasteiger partial charge in [-0.25, -0.2) is 21.9 Å². The van der Waals surface area contributed by atoms with Crippen molar-refractivity contribution in [2.45, 2.75) is 45.1 Å². The van der Waals surface area contributed by atoms with Crippen LogP contribution in [0.1, 0.15) is 42.3 Å². The number of aryl methyl sites for hydroxylation is 1. The lowest BCUT2D eigenvalue weighted by atomic mass is 10.1. The van der Waals surface area contributed by atoms with E-state index >= 15 is 0 Å².